The molecule has 0 aliphatic rings. The summed E-state index contributed by atoms with van der Waals surface area (Å²) < 4.78 is 7.33. The van der Waals surface area contributed by atoms with Gasteiger partial charge in [-0.1, -0.05) is 212 Å². The molecule has 0 atom stereocenters. The Kier molecular flexibility index (Phi) is 10.3. The number of nitrogens with zero attached hydrogens (tertiary/aromatic N) is 4. The van der Waals surface area contributed by atoms with Gasteiger partial charge in [-0.15, -0.1) is 0 Å². The van der Waals surface area contributed by atoms with Gasteiger partial charge in [-0.2, -0.15) is 0 Å². The third-order valence-electron chi connectivity index (χ3n) is 18.2. The number of fused-ring (bicyclic) bond motifs is 3. The van der Waals surface area contributed by atoms with Crippen LogP contribution in [0.15, 0.2) is 301 Å². The van der Waals surface area contributed by atoms with E-state index in [0.29, 0.717) is 0 Å². The Morgan fingerprint density at radius 3 is 1.14 bits per heavy atom. The van der Waals surface area contributed by atoms with E-state index in [1.165, 1.54) is 65.0 Å². The molecule has 0 unspecified atom stereocenters. The Morgan fingerprint density at radius 1 is 0.209 bits per heavy atom. The molecule has 16 aromatic carbocycles. The highest BCUT2D eigenvalue weighted by Gasteiger charge is 2.23. The molecule has 18 rings (SSSR count). The molecule has 400 valence electrons. The number of rotatable bonds is 8. The SMILES string of the molecule is O=c1n(-c2ccc(-c3cc4ccc5ccc(-c6ccc(-n7c(=O)n(-c8ccccc8)c8ccccc87)c7ccccc67)c6ccc(c3)c4c56)cc2)c2ccccc2n1-c1ccc(-c2ccc3ccc4c(-c5ccccc5)ccc5ccc2c3c54)cc1. The van der Waals surface area contributed by atoms with Crippen LogP contribution in [0.1, 0.15) is 0 Å². The molecule has 0 bridgehead atoms. The molecular weight excluding hydrogens is 1050 g/mol. The van der Waals surface area contributed by atoms with Gasteiger partial charge in [-0.3, -0.25) is 18.3 Å². The molecule has 0 saturated carbocycles. The first-order valence-corrected chi connectivity index (χ1v) is 29.2. The minimum atomic E-state index is -0.127. The fourth-order valence-electron chi connectivity index (χ4n) is 14.3. The van der Waals surface area contributed by atoms with Crippen LogP contribution in [-0.4, -0.2) is 18.3 Å². The molecule has 6 heteroatoms. The molecular formula is C80H48N4O2. The molecule has 0 spiro atoms. The van der Waals surface area contributed by atoms with Crippen molar-refractivity contribution in [2.24, 2.45) is 0 Å². The van der Waals surface area contributed by atoms with Gasteiger partial charge in [-0.05, 0) is 193 Å². The molecule has 0 radical (unpaired) electrons. The van der Waals surface area contributed by atoms with Gasteiger partial charge in [0.15, 0.2) is 0 Å². The van der Waals surface area contributed by atoms with Crippen molar-refractivity contribution in [3.8, 4) is 67.3 Å². The Hall–Kier alpha value is -11.6. The van der Waals surface area contributed by atoms with Crippen molar-refractivity contribution >= 4 is 97.5 Å². The molecule has 0 N–H and O–H groups in total. The van der Waals surface area contributed by atoms with Gasteiger partial charge < -0.3 is 0 Å². The number of imidazole rings is 2. The fraction of sp³-hybridized carbons (Fsp3) is 0. The first kappa shape index (κ1) is 48.0. The van der Waals surface area contributed by atoms with Crippen molar-refractivity contribution in [1.82, 2.24) is 18.3 Å². The predicted octanol–water partition coefficient (Wildman–Crippen LogP) is 19.5. The van der Waals surface area contributed by atoms with Crippen LogP contribution >= 0.6 is 0 Å². The van der Waals surface area contributed by atoms with Crippen molar-refractivity contribution in [3.63, 3.8) is 0 Å². The van der Waals surface area contributed by atoms with E-state index in [4.69, 9.17) is 0 Å². The topological polar surface area (TPSA) is 53.9 Å². The largest absolute Gasteiger partial charge is 0.338 e. The van der Waals surface area contributed by atoms with Gasteiger partial charge in [0.25, 0.3) is 0 Å². The van der Waals surface area contributed by atoms with E-state index in [2.05, 4.69) is 212 Å². The first-order valence-electron chi connectivity index (χ1n) is 29.2. The first-order chi connectivity index (χ1) is 42.5. The quantitative estimate of drug-likeness (QED) is 0.142. The Labute approximate surface area is 492 Å². The molecule has 18 aromatic rings. The minimum Gasteiger partial charge on any atom is -0.260 e. The van der Waals surface area contributed by atoms with E-state index in [1.807, 2.05) is 92.6 Å². The van der Waals surface area contributed by atoms with Crippen LogP contribution in [0.3, 0.4) is 0 Å². The van der Waals surface area contributed by atoms with Crippen LogP contribution in [0.25, 0.3) is 165 Å². The normalized spacial score (nSPS) is 12.0. The Bertz CT molecular complexity index is 5890. The highest BCUT2D eigenvalue weighted by atomic mass is 16.2. The van der Waals surface area contributed by atoms with Crippen LogP contribution in [0, 0.1) is 0 Å². The summed E-state index contributed by atoms with van der Waals surface area (Å²) in [5.41, 5.74) is 15.5. The highest BCUT2D eigenvalue weighted by molar-refractivity contribution is 6.29. The number of hydrogen-bond donors (Lipinski definition) is 0. The summed E-state index contributed by atoms with van der Waals surface area (Å²) in [4.78, 5) is 29.5. The lowest BCUT2D eigenvalue weighted by molar-refractivity contribution is 0.931. The maximum atomic E-state index is 14.9. The second-order valence-corrected chi connectivity index (χ2v) is 22.7. The van der Waals surface area contributed by atoms with Gasteiger partial charge >= 0.3 is 11.4 Å². The van der Waals surface area contributed by atoms with Gasteiger partial charge in [0.2, 0.25) is 0 Å². The molecule has 0 aliphatic heterocycles. The summed E-state index contributed by atoms with van der Waals surface area (Å²) in [6, 6.07) is 102. The summed E-state index contributed by atoms with van der Waals surface area (Å²) in [7, 11) is 0. The molecule has 2 aromatic heterocycles. The second kappa shape index (κ2) is 18.5. The third kappa shape index (κ3) is 7.01. The average Bonchev–Trinajstić information content (AvgIpc) is 2.22. The van der Waals surface area contributed by atoms with Crippen LogP contribution in [0.4, 0.5) is 0 Å². The average molecular weight is 1100 g/mol. The Balaban J connectivity index is 0.683. The van der Waals surface area contributed by atoms with Crippen LogP contribution in [0.2, 0.25) is 0 Å². The summed E-state index contributed by atoms with van der Waals surface area (Å²) >= 11 is 0. The Morgan fingerprint density at radius 2 is 0.570 bits per heavy atom. The van der Waals surface area contributed by atoms with E-state index >= 15 is 0 Å². The molecule has 0 fully saturated rings. The van der Waals surface area contributed by atoms with Gasteiger partial charge in [-0.25, -0.2) is 9.59 Å². The van der Waals surface area contributed by atoms with E-state index < -0.39 is 0 Å². The summed E-state index contributed by atoms with van der Waals surface area (Å²) in [5, 5.41) is 16.7. The standard InChI is InChI=1S/C80H48N4O2/c85-79-82(71-19-9-10-20-72(71)83(79)60-37-27-51(28-38-60)62-40-30-54-32-42-67-61(50-13-3-1-4-14-50)39-29-53-33-43-68(62)78(54)77(53)67)59-35-25-49(26-36-59)57-47-55-24-23-52-31-41-65(69-44-34-56(48-57)75(55)76(52)69)64-45-46-70(66-18-8-7-17-63(64)66)84-74-22-12-11-21-73(74)81(80(84)86)58-15-5-2-6-16-58/h1-48H. The van der Waals surface area contributed by atoms with Crippen molar-refractivity contribution < 1.29 is 0 Å². The predicted molar refractivity (Wildman–Crippen MR) is 358 cm³/mol. The van der Waals surface area contributed by atoms with Gasteiger partial charge in [0, 0.05) is 5.39 Å². The van der Waals surface area contributed by atoms with Crippen LogP contribution in [-0.2, 0) is 0 Å². The van der Waals surface area contributed by atoms with E-state index in [-0.39, 0.29) is 11.4 Å². The number of benzene rings is 16. The monoisotopic (exact) mass is 1100 g/mol. The van der Waals surface area contributed by atoms with Crippen LogP contribution < -0.4 is 11.4 Å². The third-order valence-corrected chi connectivity index (χ3v) is 18.2. The number of aromatic nitrogens is 4. The summed E-state index contributed by atoms with van der Waals surface area (Å²) in [6.07, 6.45) is 0. The number of para-hydroxylation sites is 5. The molecule has 0 amide bonds. The molecule has 6 nitrogen and oxygen atoms in total. The van der Waals surface area contributed by atoms with Crippen molar-refractivity contribution in [3.05, 3.63) is 312 Å². The van der Waals surface area contributed by atoms with Crippen molar-refractivity contribution in [2.45, 2.75) is 0 Å². The number of hydrogen-bond acceptors (Lipinski definition) is 2. The maximum Gasteiger partial charge on any atom is 0.338 e. The highest BCUT2D eigenvalue weighted by Crippen LogP contribution is 2.45. The van der Waals surface area contributed by atoms with Crippen molar-refractivity contribution in [1.29, 1.82) is 0 Å². The maximum absolute atomic E-state index is 14.9. The zero-order valence-corrected chi connectivity index (χ0v) is 46.3. The second-order valence-electron chi connectivity index (χ2n) is 22.7. The lowest BCUT2D eigenvalue weighted by atomic mass is 9.87. The zero-order valence-electron chi connectivity index (χ0n) is 46.3. The summed E-state index contributed by atoms with van der Waals surface area (Å²) in [6.45, 7) is 0. The lowest BCUT2D eigenvalue weighted by Gasteiger charge is -2.17. The molecule has 0 aliphatic carbocycles. The lowest BCUT2D eigenvalue weighted by Crippen LogP contribution is -2.22. The van der Waals surface area contributed by atoms with E-state index in [9.17, 15) is 9.59 Å². The molecule has 2 heterocycles. The zero-order chi connectivity index (χ0) is 56.7. The van der Waals surface area contributed by atoms with Gasteiger partial charge in [0.1, 0.15) is 0 Å². The molecule has 86 heavy (non-hydrogen) atoms. The molecule has 0 saturated heterocycles. The fourth-order valence-corrected chi connectivity index (χ4v) is 14.3. The smallest absolute Gasteiger partial charge is 0.260 e. The van der Waals surface area contributed by atoms with E-state index in [0.717, 1.165) is 99.7 Å². The van der Waals surface area contributed by atoms with Crippen molar-refractivity contribution in [2.75, 3.05) is 0 Å². The van der Waals surface area contributed by atoms with Crippen LogP contribution in [0.5, 0.6) is 0 Å². The van der Waals surface area contributed by atoms with E-state index in [1.54, 1.807) is 4.57 Å². The summed E-state index contributed by atoms with van der Waals surface area (Å²) in [5.74, 6) is 0. The van der Waals surface area contributed by atoms with Gasteiger partial charge in [0.05, 0.1) is 44.8 Å². The minimum absolute atomic E-state index is 0.110.